The van der Waals surface area contributed by atoms with Crippen LogP contribution in [0.15, 0.2) is 35.5 Å². The number of hydrogen-bond donors (Lipinski definition) is 1. The van der Waals surface area contributed by atoms with Gasteiger partial charge in [-0.05, 0) is 45.4 Å². The van der Waals surface area contributed by atoms with Crippen LogP contribution in [-0.2, 0) is 22.7 Å². The molecule has 1 aromatic carbocycles. The summed E-state index contributed by atoms with van der Waals surface area (Å²) in [5.41, 5.74) is 1.42. The second-order valence-corrected chi connectivity index (χ2v) is 9.05. The molecule has 0 unspecified atom stereocenters. The van der Waals surface area contributed by atoms with Gasteiger partial charge in [-0.25, -0.2) is 4.79 Å². The van der Waals surface area contributed by atoms with Crippen molar-refractivity contribution in [1.29, 1.82) is 0 Å². The number of thiophene rings is 1. The highest BCUT2D eigenvalue weighted by atomic mass is 32.2. The van der Waals surface area contributed by atoms with Gasteiger partial charge in [-0.3, -0.25) is 4.79 Å². The number of ether oxygens (including phenoxy) is 2. The number of nitrogens with one attached hydrogen (secondary N) is 1. The van der Waals surface area contributed by atoms with Crippen LogP contribution in [0.4, 0.5) is 5.00 Å². The Morgan fingerprint density at radius 1 is 1.19 bits per heavy atom. The van der Waals surface area contributed by atoms with E-state index >= 15 is 0 Å². The monoisotopic (exact) mass is 474 g/mol. The van der Waals surface area contributed by atoms with Gasteiger partial charge in [0.05, 0.1) is 17.9 Å². The lowest BCUT2D eigenvalue weighted by atomic mass is 10.2. The van der Waals surface area contributed by atoms with Crippen molar-refractivity contribution in [3.63, 3.8) is 0 Å². The highest BCUT2D eigenvalue weighted by Gasteiger charge is 2.19. The lowest BCUT2D eigenvalue weighted by molar-refractivity contribution is -0.113. The summed E-state index contributed by atoms with van der Waals surface area (Å²) >= 11 is 2.63. The molecule has 0 aliphatic rings. The van der Waals surface area contributed by atoms with E-state index in [0.717, 1.165) is 16.2 Å². The van der Waals surface area contributed by atoms with Crippen LogP contribution in [0.3, 0.4) is 0 Å². The van der Waals surface area contributed by atoms with Crippen molar-refractivity contribution in [2.24, 2.45) is 0 Å². The summed E-state index contributed by atoms with van der Waals surface area (Å²) in [5, 5.41) is 12.4. The highest BCUT2D eigenvalue weighted by molar-refractivity contribution is 7.99. The van der Waals surface area contributed by atoms with E-state index in [1.165, 1.54) is 23.1 Å². The summed E-state index contributed by atoms with van der Waals surface area (Å²) in [6.45, 7) is 8.82. The predicted octanol–water partition coefficient (Wildman–Crippen LogP) is 4.46. The van der Waals surface area contributed by atoms with E-state index in [9.17, 15) is 9.59 Å². The quantitative estimate of drug-likeness (QED) is 0.342. The van der Waals surface area contributed by atoms with Gasteiger partial charge in [0.2, 0.25) is 5.91 Å². The molecule has 10 heteroatoms. The normalized spacial score (nSPS) is 10.8. The Labute approximate surface area is 195 Å². The third-order valence-corrected chi connectivity index (χ3v) is 6.43. The van der Waals surface area contributed by atoms with Gasteiger partial charge in [-0.1, -0.05) is 30.0 Å². The Hall–Kier alpha value is -2.85. The van der Waals surface area contributed by atoms with E-state index in [-0.39, 0.29) is 24.9 Å². The number of anilines is 1. The molecule has 0 atom stereocenters. The van der Waals surface area contributed by atoms with Gasteiger partial charge >= 0.3 is 5.97 Å². The molecule has 1 amide bonds. The molecular weight excluding hydrogens is 448 g/mol. The summed E-state index contributed by atoms with van der Waals surface area (Å²) in [5.74, 6) is 0.956. The Kier molecular flexibility index (Phi) is 8.29. The summed E-state index contributed by atoms with van der Waals surface area (Å²) in [6.07, 6.45) is 0. The van der Waals surface area contributed by atoms with Crippen LogP contribution in [0.2, 0.25) is 0 Å². The molecule has 170 valence electrons. The molecule has 0 bridgehead atoms. The molecule has 2 heterocycles. The van der Waals surface area contributed by atoms with Crippen LogP contribution in [-0.4, -0.2) is 39.0 Å². The summed E-state index contributed by atoms with van der Waals surface area (Å²) in [7, 11) is 0. The van der Waals surface area contributed by atoms with Crippen LogP contribution >= 0.6 is 23.1 Å². The van der Waals surface area contributed by atoms with Gasteiger partial charge in [0.25, 0.3) is 0 Å². The molecule has 8 nitrogen and oxygen atoms in total. The maximum absolute atomic E-state index is 12.5. The third kappa shape index (κ3) is 5.89. The molecule has 0 fully saturated rings. The number of carbonyl (C=O) groups is 2. The van der Waals surface area contributed by atoms with E-state index < -0.39 is 5.97 Å². The number of para-hydroxylation sites is 1. The Morgan fingerprint density at radius 3 is 2.69 bits per heavy atom. The Bertz CT molecular complexity index is 1090. The fourth-order valence-electron chi connectivity index (χ4n) is 2.97. The zero-order valence-electron chi connectivity index (χ0n) is 18.5. The van der Waals surface area contributed by atoms with Gasteiger partial charge in [-0.15, -0.1) is 21.5 Å². The topological polar surface area (TPSA) is 95.3 Å². The Balaban J connectivity index is 1.61. The first-order chi connectivity index (χ1) is 15.4. The second kappa shape index (κ2) is 11.1. The lowest BCUT2D eigenvalue weighted by Gasteiger charge is -2.10. The van der Waals surface area contributed by atoms with Crippen molar-refractivity contribution >= 4 is 40.0 Å². The van der Waals surface area contributed by atoms with Gasteiger partial charge in [0, 0.05) is 11.4 Å². The molecule has 2 aromatic heterocycles. The van der Waals surface area contributed by atoms with Crippen molar-refractivity contribution < 1.29 is 19.1 Å². The smallest absolute Gasteiger partial charge is 0.341 e. The number of benzene rings is 1. The first-order valence-corrected chi connectivity index (χ1v) is 12.0. The third-order valence-electron chi connectivity index (χ3n) is 4.50. The SMILES string of the molecule is CCOC(=O)c1cc(C)sc1NC(=O)CSc1nnc(COc2ccccc2C)n1CC. The van der Waals surface area contributed by atoms with E-state index in [4.69, 9.17) is 9.47 Å². The fourth-order valence-corrected chi connectivity index (χ4v) is 4.71. The average Bonchev–Trinajstić information content (AvgIpc) is 3.34. The van der Waals surface area contributed by atoms with Crippen molar-refractivity contribution in [2.45, 2.75) is 46.0 Å². The largest absolute Gasteiger partial charge is 0.485 e. The minimum Gasteiger partial charge on any atom is -0.485 e. The summed E-state index contributed by atoms with van der Waals surface area (Å²) in [6, 6.07) is 9.51. The van der Waals surface area contributed by atoms with Crippen LogP contribution in [0.25, 0.3) is 0 Å². The zero-order chi connectivity index (χ0) is 23.1. The molecule has 0 aliphatic carbocycles. The summed E-state index contributed by atoms with van der Waals surface area (Å²) in [4.78, 5) is 25.5. The van der Waals surface area contributed by atoms with Gasteiger partial charge < -0.3 is 19.4 Å². The van der Waals surface area contributed by atoms with Crippen LogP contribution in [0.1, 0.15) is 40.5 Å². The molecule has 0 aliphatic heterocycles. The van der Waals surface area contributed by atoms with Gasteiger partial charge in [0.15, 0.2) is 11.0 Å². The predicted molar refractivity (Wildman–Crippen MR) is 126 cm³/mol. The standard InChI is InChI=1S/C22H26N4O4S2/c1-5-26-18(12-30-17-10-8-7-9-14(17)3)24-25-22(26)31-13-19(27)23-20-16(11-15(4)32-20)21(28)29-6-2/h7-11H,5-6,12-13H2,1-4H3,(H,23,27). The second-order valence-electron chi connectivity index (χ2n) is 6.85. The molecule has 1 N–H and O–H groups in total. The lowest BCUT2D eigenvalue weighted by Crippen LogP contribution is -2.16. The number of thioether (sulfide) groups is 1. The number of esters is 1. The minimum atomic E-state index is -0.441. The molecule has 0 spiro atoms. The van der Waals surface area contributed by atoms with Gasteiger partial charge in [0.1, 0.15) is 17.4 Å². The average molecular weight is 475 g/mol. The van der Waals surface area contributed by atoms with Crippen molar-refractivity contribution in [1.82, 2.24) is 14.8 Å². The highest BCUT2D eigenvalue weighted by Crippen LogP contribution is 2.29. The number of aromatic nitrogens is 3. The molecule has 32 heavy (non-hydrogen) atoms. The number of rotatable bonds is 10. The molecule has 0 saturated heterocycles. The fraction of sp³-hybridized carbons (Fsp3) is 0.364. The van der Waals surface area contributed by atoms with Gasteiger partial charge in [-0.2, -0.15) is 0 Å². The minimum absolute atomic E-state index is 0.135. The van der Waals surface area contributed by atoms with Crippen LogP contribution in [0.5, 0.6) is 5.75 Å². The molecule has 0 saturated carbocycles. The van der Waals surface area contributed by atoms with E-state index in [1.54, 1.807) is 13.0 Å². The molecule has 3 aromatic rings. The first kappa shape index (κ1) is 23.8. The Morgan fingerprint density at radius 2 is 1.97 bits per heavy atom. The molecule has 3 rings (SSSR count). The number of aryl methyl sites for hydroxylation is 2. The first-order valence-electron chi connectivity index (χ1n) is 10.2. The molecule has 0 radical (unpaired) electrons. The van der Waals surface area contributed by atoms with E-state index in [1.807, 2.05) is 49.6 Å². The van der Waals surface area contributed by atoms with Crippen molar-refractivity contribution in [3.8, 4) is 5.75 Å². The zero-order valence-corrected chi connectivity index (χ0v) is 20.1. The molecular formula is C22H26N4O4S2. The maximum Gasteiger partial charge on any atom is 0.341 e. The van der Waals surface area contributed by atoms with Crippen LogP contribution in [0, 0.1) is 13.8 Å². The van der Waals surface area contributed by atoms with E-state index in [2.05, 4.69) is 15.5 Å². The van der Waals surface area contributed by atoms with E-state index in [0.29, 0.717) is 28.1 Å². The number of amides is 1. The summed E-state index contributed by atoms with van der Waals surface area (Å²) < 4.78 is 12.9. The number of carbonyl (C=O) groups excluding carboxylic acids is 2. The number of nitrogens with zero attached hydrogens (tertiary/aromatic N) is 3. The number of hydrogen-bond acceptors (Lipinski definition) is 8. The van der Waals surface area contributed by atoms with Crippen molar-refractivity contribution in [2.75, 3.05) is 17.7 Å². The van der Waals surface area contributed by atoms with Crippen LogP contribution < -0.4 is 10.1 Å². The van der Waals surface area contributed by atoms with Crippen molar-refractivity contribution in [3.05, 3.63) is 52.2 Å². The maximum atomic E-state index is 12.5.